The van der Waals surface area contributed by atoms with Crippen LogP contribution in [0.2, 0.25) is 0 Å². The van der Waals surface area contributed by atoms with E-state index in [0.717, 1.165) is 22.4 Å². The van der Waals surface area contributed by atoms with Crippen LogP contribution in [0, 0.1) is 6.92 Å². The summed E-state index contributed by atoms with van der Waals surface area (Å²) in [5.74, 6) is 1.36. The van der Waals surface area contributed by atoms with Crippen LogP contribution in [0.1, 0.15) is 32.2 Å². The highest BCUT2D eigenvalue weighted by molar-refractivity contribution is 5.79. The van der Waals surface area contributed by atoms with E-state index in [1.165, 1.54) is 0 Å². The number of fused-ring (bicyclic) bond motifs is 1. The van der Waals surface area contributed by atoms with Crippen LogP contribution in [0.5, 0.6) is 5.75 Å². The lowest BCUT2D eigenvalue weighted by molar-refractivity contribution is 0.471. The summed E-state index contributed by atoms with van der Waals surface area (Å²) >= 11 is 0. The molecule has 0 aliphatic heterocycles. The Bertz CT molecular complexity index is 547. The Kier molecular flexibility index (Phi) is 2.22. The van der Waals surface area contributed by atoms with Crippen molar-refractivity contribution in [3.8, 4) is 5.75 Å². The number of rotatable bonds is 0. The predicted molar refractivity (Wildman–Crippen MR) is 65.8 cm³/mol. The van der Waals surface area contributed by atoms with Gasteiger partial charge in [0.1, 0.15) is 11.6 Å². The molecule has 0 fully saturated rings. The van der Waals surface area contributed by atoms with E-state index in [2.05, 4.69) is 30.3 Å². The summed E-state index contributed by atoms with van der Waals surface area (Å²) in [7, 11) is 1.99. The summed E-state index contributed by atoms with van der Waals surface area (Å²) in [6.45, 7) is 8.31. The molecule has 86 valence electrons. The summed E-state index contributed by atoms with van der Waals surface area (Å²) in [5.41, 5.74) is 2.80. The number of aromatic hydroxyl groups is 1. The van der Waals surface area contributed by atoms with Gasteiger partial charge in [-0.2, -0.15) is 0 Å². The molecule has 0 spiro atoms. The van der Waals surface area contributed by atoms with Crippen LogP contribution in [0.3, 0.4) is 0 Å². The van der Waals surface area contributed by atoms with Crippen LogP contribution in [0.15, 0.2) is 12.1 Å². The number of phenolic OH excluding ortho intramolecular Hbond substituents is 1. The molecule has 0 amide bonds. The van der Waals surface area contributed by atoms with E-state index in [1.807, 2.05) is 20.0 Å². The molecule has 16 heavy (non-hydrogen) atoms. The van der Waals surface area contributed by atoms with Crippen LogP contribution in [-0.2, 0) is 12.5 Å². The van der Waals surface area contributed by atoms with Gasteiger partial charge in [0.05, 0.1) is 11.0 Å². The smallest absolute Gasteiger partial charge is 0.120 e. The first kappa shape index (κ1) is 11.0. The molecule has 1 aromatic heterocycles. The largest absolute Gasteiger partial charge is 0.508 e. The van der Waals surface area contributed by atoms with E-state index in [9.17, 15) is 5.11 Å². The summed E-state index contributed by atoms with van der Waals surface area (Å²) in [5, 5.41) is 9.71. The van der Waals surface area contributed by atoms with Crippen molar-refractivity contribution in [2.45, 2.75) is 33.1 Å². The van der Waals surface area contributed by atoms with Crippen LogP contribution in [0.25, 0.3) is 11.0 Å². The fourth-order valence-electron chi connectivity index (χ4n) is 2.00. The molecule has 3 nitrogen and oxygen atoms in total. The van der Waals surface area contributed by atoms with Gasteiger partial charge >= 0.3 is 0 Å². The Labute approximate surface area is 95.7 Å². The molecule has 3 heteroatoms. The van der Waals surface area contributed by atoms with Crippen molar-refractivity contribution in [1.29, 1.82) is 0 Å². The lowest BCUT2D eigenvalue weighted by atomic mass is 9.96. The zero-order valence-corrected chi connectivity index (χ0v) is 10.5. The maximum absolute atomic E-state index is 9.71. The Balaban J connectivity index is 2.79. The standard InChI is InChI=1S/C13H18N2O/c1-8-6-9-10(7-11(8)16)15(5)12(14-9)13(2,3)4/h6-7,16H,1-5H3. The maximum Gasteiger partial charge on any atom is 0.120 e. The number of hydrogen-bond acceptors (Lipinski definition) is 2. The molecule has 0 aliphatic carbocycles. The third-order valence-electron chi connectivity index (χ3n) is 2.87. The Morgan fingerprint density at radius 1 is 1.25 bits per heavy atom. The molecule has 0 saturated carbocycles. The van der Waals surface area contributed by atoms with Crippen LogP contribution in [-0.4, -0.2) is 14.7 Å². The van der Waals surface area contributed by atoms with Gasteiger partial charge < -0.3 is 9.67 Å². The number of aryl methyl sites for hydroxylation is 2. The molecular weight excluding hydrogens is 200 g/mol. The molecular formula is C13H18N2O. The molecule has 1 aromatic carbocycles. The van der Waals surface area contributed by atoms with Gasteiger partial charge in [0.15, 0.2) is 0 Å². The summed E-state index contributed by atoms with van der Waals surface area (Å²) in [6, 6.07) is 3.72. The first-order valence-corrected chi connectivity index (χ1v) is 5.47. The number of nitrogens with zero attached hydrogens (tertiary/aromatic N) is 2. The van der Waals surface area contributed by atoms with Crippen LogP contribution in [0.4, 0.5) is 0 Å². The third kappa shape index (κ3) is 1.56. The quantitative estimate of drug-likeness (QED) is 0.738. The lowest BCUT2D eigenvalue weighted by Gasteiger charge is -2.17. The second kappa shape index (κ2) is 3.24. The Hall–Kier alpha value is -1.51. The first-order valence-electron chi connectivity index (χ1n) is 5.47. The van der Waals surface area contributed by atoms with Gasteiger partial charge in [0, 0.05) is 18.5 Å². The van der Waals surface area contributed by atoms with Crippen LogP contribution < -0.4 is 0 Å². The normalized spacial score (nSPS) is 12.3. The van der Waals surface area contributed by atoms with Crippen molar-refractivity contribution in [3.63, 3.8) is 0 Å². The average Bonchev–Trinajstić information content (AvgIpc) is 2.45. The highest BCUT2D eigenvalue weighted by Crippen LogP contribution is 2.29. The highest BCUT2D eigenvalue weighted by atomic mass is 16.3. The molecule has 2 rings (SSSR count). The van der Waals surface area contributed by atoms with Crippen molar-refractivity contribution >= 4 is 11.0 Å². The zero-order valence-electron chi connectivity index (χ0n) is 10.5. The van der Waals surface area contributed by atoms with Gasteiger partial charge in [-0.3, -0.25) is 0 Å². The van der Waals surface area contributed by atoms with E-state index < -0.39 is 0 Å². The molecule has 0 aliphatic rings. The Morgan fingerprint density at radius 2 is 1.88 bits per heavy atom. The molecule has 0 saturated heterocycles. The Morgan fingerprint density at radius 3 is 2.44 bits per heavy atom. The van der Waals surface area contributed by atoms with E-state index in [1.54, 1.807) is 6.07 Å². The molecule has 0 bridgehead atoms. The molecule has 0 radical (unpaired) electrons. The lowest BCUT2D eigenvalue weighted by Crippen LogP contribution is -2.17. The SMILES string of the molecule is Cc1cc2nc(C(C)(C)C)n(C)c2cc1O. The minimum Gasteiger partial charge on any atom is -0.508 e. The number of phenols is 1. The minimum absolute atomic E-state index is 0.0112. The topological polar surface area (TPSA) is 38.0 Å². The maximum atomic E-state index is 9.71. The number of benzene rings is 1. The zero-order chi connectivity index (χ0) is 12.1. The number of aromatic nitrogens is 2. The van der Waals surface area contributed by atoms with E-state index in [4.69, 9.17) is 0 Å². The fourth-order valence-corrected chi connectivity index (χ4v) is 2.00. The minimum atomic E-state index is 0.0112. The van der Waals surface area contributed by atoms with E-state index in [-0.39, 0.29) is 5.41 Å². The highest BCUT2D eigenvalue weighted by Gasteiger charge is 2.21. The monoisotopic (exact) mass is 218 g/mol. The van der Waals surface area contributed by atoms with Crippen molar-refractivity contribution in [2.75, 3.05) is 0 Å². The van der Waals surface area contributed by atoms with E-state index in [0.29, 0.717) is 5.75 Å². The second-order valence-corrected chi connectivity index (χ2v) is 5.37. The average molecular weight is 218 g/mol. The molecule has 0 atom stereocenters. The van der Waals surface area contributed by atoms with E-state index >= 15 is 0 Å². The summed E-state index contributed by atoms with van der Waals surface area (Å²) < 4.78 is 2.05. The molecule has 1 N–H and O–H groups in total. The molecule has 2 aromatic rings. The predicted octanol–water partition coefficient (Wildman–Crippen LogP) is 2.88. The number of imidazole rings is 1. The summed E-state index contributed by atoms with van der Waals surface area (Å²) in [4.78, 5) is 4.64. The van der Waals surface area contributed by atoms with Crippen molar-refractivity contribution in [1.82, 2.24) is 9.55 Å². The van der Waals surface area contributed by atoms with Crippen molar-refractivity contribution in [3.05, 3.63) is 23.5 Å². The van der Waals surface area contributed by atoms with Gasteiger partial charge in [0.2, 0.25) is 0 Å². The fraction of sp³-hybridized carbons (Fsp3) is 0.462. The second-order valence-electron chi connectivity index (χ2n) is 5.37. The van der Waals surface area contributed by atoms with Gasteiger partial charge in [-0.1, -0.05) is 20.8 Å². The van der Waals surface area contributed by atoms with Gasteiger partial charge in [-0.15, -0.1) is 0 Å². The molecule has 1 heterocycles. The van der Waals surface area contributed by atoms with Gasteiger partial charge in [-0.05, 0) is 18.6 Å². The third-order valence-corrected chi connectivity index (χ3v) is 2.87. The first-order chi connectivity index (χ1) is 7.30. The van der Waals surface area contributed by atoms with Crippen LogP contribution >= 0.6 is 0 Å². The number of hydrogen-bond donors (Lipinski definition) is 1. The van der Waals surface area contributed by atoms with Crippen molar-refractivity contribution < 1.29 is 5.11 Å². The van der Waals surface area contributed by atoms with Crippen molar-refractivity contribution in [2.24, 2.45) is 7.05 Å². The molecule has 0 unspecified atom stereocenters. The summed E-state index contributed by atoms with van der Waals surface area (Å²) in [6.07, 6.45) is 0. The van der Waals surface area contributed by atoms with Gasteiger partial charge in [0.25, 0.3) is 0 Å². The van der Waals surface area contributed by atoms with Gasteiger partial charge in [-0.25, -0.2) is 4.98 Å².